The van der Waals surface area contributed by atoms with Crippen LogP contribution < -0.4 is 10.6 Å². The highest BCUT2D eigenvalue weighted by atomic mass is 16.5. The Bertz CT molecular complexity index is 818. The molecule has 7 heteroatoms. The molecule has 0 amide bonds. The molecule has 3 rings (SSSR count). The van der Waals surface area contributed by atoms with Crippen molar-refractivity contribution in [2.75, 3.05) is 27.2 Å². The van der Waals surface area contributed by atoms with E-state index in [2.05, 4.69) is 32.3 Å². The Morgan fingerprint density at radius 2 is 2.12 bits per heavy atom. The van der Waals surface area contributed by atoms with Crippen LogP contribution in [0.4, 0.5) is 5.82 Å². The number of methoxy groups -OCH3 is 1. The number of carbonyl (C=O) groups excluding carboxylic acids is 1. The molecule has 0 atom stereocenters. The van der Waals surface area contributed by atoms with Gasteiger partial charge in [-0.05, 0) is 44.8 Å². The van der Waals surface area contributed by atoms with E-state index in [-0.39, 0.29) is 5.97 Å². The number of amidine groups is 1. The van der Waals surface area contributed by atoms with E-state index in [1.165, 1.54) is 7.11 Å². The molecular formula is C18H23N5O2. The number of esters is 1. The second kappa shape index (κ2) is 7.48. The van der Waals surface area contributed by atoms with Crippen LogP contribution in [-0.4, -0.2) is 56.8 Å². The van der Waals surface area contributed by atoms with Gasteiger partial charge in [-0.1, -0.05) is 6.07 Å². The van der Waals surface area contributed by atoms with E-state index in [0.717, 1.165) is 48.2 Å². The first-order chi connectivity index (χ1) is 12.2. The molecule has 0 radical (unpaired) electrons. The molecule has 0 bridgehead atoms. The van der Waals surface area contributed by atoms with Crippen LogP contribution in [0.15, 0.2) is 28.2 Å². The van der Waals surface area contributed by atoms with Crippen LogP contribution in [0.1, 0.15) is 28.8 Å². The van der Waals surface area contributed by atoms with Crippen LogP contribution in [0.3, 0.4) is 0 Å². The fraction of sp³-hybridized carbons (Fsp3) is 0.389. The summed E-state index contributed by atoms with van der Waals surface area (Å²) in [4.78, 5) is 23.5. The summed E-state index contributed by atoms with van der Waals surface area (Å²) in [6, 6.07) is 5.77. The highest BCUT2D eigenvalue weighted by Gasteiger charge is 2.21. The Morgan fingerprint density at radius 3 is 2.76 bits per heavy atom. The zero-order valence-corrected chi connectivity index (χ0v) is 14.6. The minimum absolute atomic E-state index is 0.372. The number of hydrogen-bond acceptors (Lipinski definition) is 5. The lowest BCUT2D eigenvalue weighted by atomic mass is 10.0. The van der Waals surface area contributed by atoms with Gasteiger partial charge < -0.3 is 20.4 Å². The number of aromatic nitrogens is 1. The van der Waals surface area contributed by atoms with Gasteiger partial charge in [-0.15, -0.1) is 0 Å². The molecule has 25 heavy (non-hydrogen) atoms. The molecule has 1 aliphatic heterocycles. The molecule has 1 aromatic carbocycles. The number of aromatic amines is 1. The van der Waals surface area contributed by atoms with Gasteiger partial charge in [-0.2, -0.15) is 0 Å². The van der Waals surface area contributed by atoms with Crippen molar-refractivity contribution in [2.24, 2.45) is 9.98 Å². The number of ether oxygens (including phenoxy) is 1. The molecule has 0 aliphatic carbocycles. The van der Waals surface area contributed by atoms with Crippen LogP contribution in [0.25, 0.3) is 10.9 Å². The molecule has 1 aliphatic rings. The van der Waals surface area contributed by atoms with E-state index in [0.29, 0.717) is 17.4 Å². The molecule has 0 spiro atoms. The van der Waals surface area contributed by atoms with Gasteiger partial charge in [0.05, 0.1) is 18.2 Å². The second-order valence-electron chi connectivity index (χ2n) is 6.00. The minimum atomic E-state index is -0.372. The van der Waals surface area contributed by atoms with Gasteiger partial charge in [-0.25, -0.2) is 9.79 Å². The van der Waals surface area contributed by atoms with E-state index in [9.17, 15) is 4.79 Å². The van der Waals surface area contributed by atoms with Gasteiger partial charge in [0, 0.05) is 24.0 Å². The minimum Gasteiger partial charge on any atom is -0.465 e. The number of carbonyl (C=O) groups is 1. The lowest BCUT2D eigenvalue weighted by Crippen LogP contribution is -2.43. The van der Waals surface area contributed by atoms with Crippen molar-refractivity contribution in [1.82, 2.24) is 15.6 Å². The van der Waals surface area contributed by atoms with E-state index in [1.807, 2.05) is 6.07 Å². The fourth-order valence-electron chi connectivity index (χ4n) is 3.19. The fourth-order valence-corrected chi connectivity index (χ4v) is 3.19. The number of H-pyrrole nitrogens is 1. The highest BCUT2D eigenvalue weighted by molar-refractivity contribution is 6.14. The van der Waals surface area contributed by atoms with Crippen LogP contribution >= 0.6 is 0 Å². The Balaban J connectivity index is 2.00. The number of benzene rings is 1. The Hall–Kier alpha value is -2.67. The quantitative estimate of drug-likeness (QED) is 0.451. The predicted octanol–water partition coefficient (Wildman–Crippen LogP) is 2.00. The van der Waals surface area contributed by atoms with Gasteiger partial charge in [0.2, 0.25) is 0 Å². The second-order valence-corrected chi connectivity index (χ2v) is 6.00. The molecule has 1 fully saturated rings. The van der Waals surface area contributed by atoms with E-state index in [4.69, 9.17) is 4.74 Å². The van der Waals surface area contributed by atoms with Gasteiger partial charge >= 0.3 is 5.97 Å². The molecule has 0 saturated carbocycles. The van der Waals surface area contributed by atoms with Crippen molar-refractivity contribution in [2.45, 2.75) is 18.9 Å². The molecule has 1 aromatic heterocycles. The van der Waals surface area contributed by atoms with Crippen molar-refractivity contribution in [3.63, 3.8) is 0 Å². The lowest BCUT2D eigenvalue weighted by molar-refractivity contribution is 0.0601. The molecule has 7 nitrogen and oxygen atoms in total. The van der Waals surface area contributed by atoms with E-state index in [1.54, 1.807) is 19.2 Å². The van der Waals surface area contributed by atoms with E-state index >= 15 is 0 Å². The molecule has 2 aromatic rings. The zero-order chi connectivity index (χ0) is 17.8. The number of piperidine rings is 1. The van der Waals surface area contributed by atoms with E-state index < -0.39 is 0 Å². The molecule has 3 N–H and O–H groups in total. The number of fused-ring (bicyclic) bond motifs is 1. The predicted molar refractivity (Wildman–Crippen MR) is 100 cm³/mol. The van der Waals surface area contributed by atoms with Crippen LogP contribution in [0.2, 0.25) is 0 Å². The third-order valence-electron chi connectivity index (χ3n) is 4.50. The van der Waals surface area contributed by atoms with Crippen molar-refractivity contribution in [3.8, 4) is 0 Å². The summed E-state index contributed by atoms with van der Waals surface area (Å²) >= 11 is 0. The average Bonchev–Trinajstić information content (AvgIpc) is 3.03. The maximum absolute atomic E-state index is 11.8. The van der Waals surface area contributed by atoms with Crippen LogP contribution in [-0.2, 0) is 4.74 Å². The summed E-state index contributed by atoms with van der Waals surface area (Å²) in [6.07, 6.45) is 2.09. The van der Waals surface area contributed by atoms with Crippen LogP contribution in [0, 0.1) is 0 Å². The molecule has 0 unspecified atom stereocenters. The number of rotatable bonds is 4. The normalized spacial score (nSPS) is 16.0. The van der Waals surface area contributed by atoms with Crippen LogP contribution in [0.5, 0.6) is 0 Å². The summed E-state index contributed by atoms with van der Waals surface area (Å²) < 4.78 is 4.79. The van der Waals surface area contributed by atoms with Gasteiger partial charge in [0.15, 0.2) is 0 Å². The van der Waals surface area contributed by atoms with Gasteiger partial charge in [0.25, 0.3) is 0 Å². The number of nitrogens with zero attached hydrogens (tertiary/aromatic N) is 2. The average molecular weight is 341 g/mol. The Kier molecular flexibility index (Phi) is 5.14. The lowest BCUT2D eigenvalue weighted by Gasteiger charge is -2.25. The summed E-state index contributed by atoms with van der Waals surface area (Å²) in [5.74, 6) is 1.05. The first kappa shape index (κ1) is 17.2. The Morgan fingerprint density at radius 1 is 1.36 bits per heavy atom. The van der Waals surface area contributed by atoms with Crippen molar-refractivity contribution in [1.29, 1.82) is 0 Å². The molecule has 2 heterocycles. The summed E-state index contributed by atoms with van der Waals surface area (Å²) in [7, 11) is 3.13. The number of aliphatic imine (C=N–C) groups is 2. The van der Waals surface area contributed by atoms with Crippen molar-refractivity contribution < 1.29 is 9.53 Å². The first-order valence-electron chi connectivity index (χ1n) is 8.33. The standard InChI is InChI=1S/C18H23N5O2/c1-19-16(22-12-6-8-21-9-7-12)15-13-5-4-11(18(24)25-3)10-14(13)23-17(15)20-2/h4-5,10,12,21,23H,2,6-9H2,1,3H3,(H,19,22). The summed E-state index contributed by atoms with van der Waals surface area (Å²) in [6.45, 7) is 5.65. The molecule has 1 saturated heterocycles. The summed E-state index contributed by atoms with van der Waals surface area (Å²) in [5, 5.41) is 7.83. The third kappa shape index (κ3) is 3.41. The Labute approximate surface area is 146 Å². The first-order valence-corrected chi connectivity index (χ1v) is 8.33. The highest BCUT2D eigenvalue weighted by Crippen LogP contribution is 2.29. The number of nitrogens with one attached hydrogen (secondary N) is 3. The SMILES string of the molecule is C=Nc1[nH]c2cc(C(=O)OC)ccc2c1C(=NC)NC1CCNCC1. The molecule has 132 valence electrons. The largest absolute Gasteiger partial charge is 0.465 e. The molecular weight excluding hydrogens is 318 g/mol. The third-order valence-corrected chi connectivity index (χ3v) is 4.50. The number of hydrogen-bond donors (Lipinski definition) is 3. The van der Waals surface area contributed by atoms with Crippen molar-refractivity contribution >= 4 is 35.2 Å². The van der Waals surface area contributed by atoms with Crippen molar-refractivity contribution in [3.05, 3.63) is 29.3 Å². The summed E-state index contributed by atoms with van der Waals surface area (Å²) in [5.41, 5.74) is 2.16. The van der Waals surface area contributed by atoms with Gasteiger partial charge in [0.1, 0.15) is 11.7 Å². The zero-order valence-electron chi connectivity index (χ0n) is 14.6. The van der Waals surface area contributed by atoms with Gasteiger partial charge in [-0.3, -0.25) is 4.99 Å². The smallest absolute Gasteiger partial charge is 0.337 e. The maximum atomic E-state index is 11.8. The topological polar surface area (TPSA) is 90.9 Å². The monoisotopic (exact) mass is 341 g/mol. The maximum Gasteiger partial charge on any atom is 0.337 e.